The Morgan fingerprint density at radius 1 is 1.24 bits per heavy atom. The number of nitrogens with zero attached hydrogens (tertiary/aromatic N) is 1. The lowest BCUT2D eigenvalue weighted by Crippen LogP contribution is -2.37. The summed E-state index contributed by atoms with van der Waals surface area (Å²) in [5, 5.41) is 23.6. The summed E-state index contributed by atoms with van der Waals surface area (Å²) in [5.74, 6) is 1.08. The molecule has 1 fully saturated rings. The molecule has 118 valence electrons. The fourth-order valence-electron chi connectivity index (χ4n) is 3.28. The van der Waals surface area contributed by atoms with Crippen molar-refractivity contribution in [2.75, 3.05) is 26.2 Å². The van der Waals surface area contributed by atoms with E-state index in [1.807, 2.05) is 0 Å². The highest BCUT2D eigenvalue weighted by molar-refractivity contribution is 5.44. The number of phenols is 2. The number of benzene rings is 1. The standard InChI is InChI=1S/C17H28N2O2/c1-3-11-19(12-14-7-9-18-10-8-14)13(2)17-15(20)5-4-6-16(17)21/h4-6,13-14,18,20-21H,3,7-12H2,1-2H3. The molecule has 1 atom stereocenters. The SMILES string of the molecule is CCCN(CC1CCNCC1)C(C)c1c(O)cccc1O. The largest absolute Gasteiger partial charge is 0.507 e. The molecule has 4 heteroatoms. The topological polar surface area (TPSA) is 55.7 Å². The van der Waals surface area contributed by atoms with Gasteiger partial charge in [0.15, 0.2) is 0 Å². The molecule has 21 heavy (non-hydrogen) atoms. The summed E-state index contributed by atoms with van der Waals surface area (Å²) in [4.78, 5) is 2.39. The van der Waals surface area contributed by atoms with Crippen LogP contribution in [-0.2, 0) is 0 Å². The predicted octanol–water partition coefficient (Wildman–Crippen LogP) is 2.87. The third-order valence-electron chi connectivity index (χ3n) is 4.49. The molecule has 1 unspecified atom stereocenters. The van der Waals surface area contributed by atoms with E-state index in [4.69, 9.17) is 0 Å². The number of hydrogen-bond acceptors (Lipinski definition) is 4. The molecule has 4 nitrogen and oxygen atoms in total. The van der Waals surface area contributed by atoms with Gasteiger partial charge in [-0.1, -0.05) is 13.0 Å². The first-order chi connectivity index (χ1) is 10.1. The molecule has 0 aliphatic carbocycles. The maximum Gasteiger partial charge on any atom is 0.124 e. The molecule has 0 aromatic heterocycles. The lowest BCUT2D eigenvalue weighted by Gasteiger charge is -2.34. The maximum absolute atomic E-state index is 10.1. The third-order valence-corrected chi connectivity index (χ3v) is 4.49. The van der Waals surface area contributed by atoms with Crippen LogP contribution in [0.5, 0.6) is 11.5 Å². The van der Waals surface area contributed by atoms with Crippen LogP contribution in [0.2, 0.25) is 0 Å². The van der Waals surface area contributed by atoms with Crippen molar-refractivity contribution in [1.29, 1.82) is 0 Å². The van der Waals surface area contributed by atoms with Crippen LogP contribution in [-0.4, -0.2) is 41.3 Å². The van der Waals surface area contributed by atoms with E-state index in [1.54, 1.807) is 18.2 Å². The molecule has 0 spiro atoms. The van der Waals surface area contributed by atoms with Crippen molar-refractivity contribution >= 4 is 0 Å². The van der Waals surface area contributed by atoms with Crippen LogP contribution in [0.25, 0.3) is 0 Å². The number of hydrogen-bond donors (Lipinski definition) is 3. The van der Waals surface area contributed by atoms with Crippen molar-refractivity contribution in [2.24, 2.45) is 5.92 Å². The van der Waals surface area contributed by atoms with Gasteiger partial charge in [-0.25, -0.2) is 0 Å². The van der Waals surface area contributed by atoms with Crippen molar-refractivity contribution in [1.82, 2.24) is 10.2 Å². The number of piperidine rings is 1. The number of phenolic OH excluding ortho intramolecular Hbond substituents is 2. The van der Waals surface area contributed by atoms with Gasteiger partial charge in [-0.3, -0.25) is 4.90 Å². The summed E-state index contributed by atoms with van der Waals surface area (Å²) in [7, 11) is 0. The van der Waals surface area contributed by atoms with Gasteiger partial charge in [-0.05, 0) is 63.9 Å². The molecule has 0 amide bonds. The Morgan fingerprint density at radius 2 is 1.86 bits per heavy atom. The van der Waals surface area contributed by atoms with Crippen LogP contribution in [0, 0.1) is 5.92 Å². The van der Waals surface area contributed by atoms with E-state index in [9.17, 15) is 10.2 Å². The molecular weight excluding hydrogens is 264 g/mol. The average Bonchev–Trinajstić information content (AvgIpc) is 2.47. The zero-order chi connectivity index (χ0) is 15.2. The average molecular weight is 292 g/mol. The van der Waals surface area contributed by atoms with E-state index in [-0.39, 0.29) is 17.5 Å². The van der Waals surface area contributed by atoms with Crippen molar-refractivity contribution in [3.63, 3.8) is 0 Å². The van der Waals surface area contributed by atoms with Crippen LogP contribution in [0.1, 0.15) is 44.7 Å². The predicted molar refractivity (Wildman–Crippen MR) is 85.6 cm³/mol. The van der Waals surface area contributed by atoms with Crippen molar-refractivity contribution < 1.29 is 10.2 Å². The molecule has 2 rings (SSSR count). The van der Waals surface area contributed by atoms with Crippen LogP contribution in [0.15, 0.2) is 18.2 Å². The molecule has 0 radical (unpaired) electrons. The van der Waals surface area contributed by atoms with E-state index in [0.29, 0.717) is 11.5 Å². The summed E-state index contributed by atoms with van der Waals surface area (Å²) in [6, 6.07) is 5.01. The summed E-state index contributed by atoms with van der Waals surface area (Å²) >= 11 is 0. The Labute approximate surface area is 127 Å². The van der Waals surface area contributed by atoms with Crippen molar-refractivity contribution in [2.45, 2.75) is 39.2 Å². The third kappa shape index (κ3) is 4.11. The maximum atomic E-state index is 10.1. The first kappa shape index (κ1) is 16.1. The Bertz CT molecular complexity index is 424. The minimum absolute atomic E-state index is 0.0287. The first-order valence-electron chi connectivity index (χ1n) is 8.09. The smallest absolute Gasteiger partial charge is 0.124 e. The van der Waals surface area contributed by atoms with Gasteiger partial charge < -0.3 is 15.5 Å². The lowest BCUT2D eigenvalue weighted by molar-refractivity contribution is 0.157. The van der Waals surface area contributed by atoms with E-state index in [2.05, 4.69) is 24.1 Å². The van der Waals surface area contributed by atoms with Crippen LogP contribution in [0.4, 0.5) is 0 Å². The van der Waals surface area contributed by atoms with Gasteiger partial charge in [0.2, 0.25) is 0 Å². The van der Waals surface area contributed by atoms with Crippen molar-refractivity contribution in [3.05, 3.63) is 23.8 Å². The highest BCUT2D eigenvalue weighted by atomic mass is 16.3. The minimum atomic E-state index is 0.0287. The molecule has 1 saturated heterocycles. The Morgan fingerprint density at radius 3 is 2.43 bits per heavy atom. The summed E-state index contributed by atoms with van der Waals surface area (Å²) in [6.45, 7) is 8.46. The highest BCUT2D eigenvalue weighted by Gasteiger charge is 2.24. The van der Waals surface area contributed by atoms with Gasteiger partial charge in [0, 0.05) is 12.6 Å². The molecule has 1 aromatic carbocycles. The minimum Gasteiger partial charge on any atom is -0.507 e. The normalized spacial score (nSPS) is 18.0. The molecule has 0 saturated carbocycles. The fraction of sp³-hybridized carbons (Fsp3) is 0.647. The molecule has 1 heterocycles. The van der Waals surface area contributed by atoms with E-state index in [1.165, 1.54) is 12.8 Å². The molecular formula is C17H28N2O2. The zero-order valence-electron chi connectivity index (χ0n) is 13.2. The molecule has 1 aliphatic heterocycles. The second kappa shape index (κ2) is 7.66. The first-order valence-corrected chi connectivity index (χ1v) is 8.09. The number of aromatic hydroxyl groups is 2. The fourth-order valence-corrected chi connectivity index (χ4v) is 3.28. The summed E-state index contributed by atoms with van der Waals surface area (Å²) < 4.78 is 0. The summed E-state index contributed by atoms with van der Waals surface area (Å²) in [5.41, 5.74) is 0.653. The quantitative estimate of drug-likeness (QED) is 0.754. The zero-order valence-corrected chi connectivity index (χ0v) is 13.2. The molecule has 1 aliphatic rings. The van der Waals surface area contributed by atoms with Crippen LogP contribution < -0.4 is 5.32 Å². The second-order valence-corrected chi connectivity index (χ2v) is 6.07. The Hall–Kier alpha value is -1.26. The summed E-state index contributed by atoms with van der Waals surface area (Å²) in [6.07, 6.45) is 3.49. The van der Waals surface area contributed by atoms with Gasteiger partial charge in [0.05, 0.1) is 5.56 Å². The van der Waals surface area contributed by atoms with Crippen LogP contribution >= 0.6 is 0 Å². The molecule has 3 N–H and O–H groups in total. The Kier molecular flexibility index (Phi) is 5.88. The molecule has 1 aromatic rings. The van der Waals surface area contributed by atoms with Gasteiger partial charge >= 0.3 is 0 Å². The molecule has 0 bridgehead atoms. The van der Waals surface area contributed by atoms with Crippen molar-refractivity contribution in [3.8, 4) is 11.5 Å². The van der Waals surface area contributed by atoms with Gasteiger partial charge in [-0.15, -0.1) is 0 Å². The van der Waals surface area contributed by atoms with Gasteiger partial charge in [0.1, 0.15) is 11.5 Å². The van der Waals surface area contributed by atoms with Gasteiger partial charge in [-0.2, -0.15) is 0 Å². The number of rotatable bonds is 6. The number of nitrogens with one attached hydrogen (secondary N) is 1. The lowest BCUT2D eigenvalue weighted by atomic mass is 9.95. The van der Waals surface area contributed by atoms with E-state index >= 15 is 0 Å². The Balaban J connectivity index is 2.12. The van der Waals surface area contributed by atoms with E-state index in [0.717, 1.165) is 32.6 Å². The second-order valence-electron chi connectivity index (χ2n) is 6.07. The monoisotopic (exact) mass is 292 g/mol. The van der Waals surface area contributed by atoms with E-state index < -0.39 is 0 Å². The highest BCUT2D eigenvalue weighted by Crippen LogP contribution is 2.36. The van der Waals surface area contributed by atoms with Gasteiger partial charge in [0.25, 0.3) is 0 Å². The van der Waals surface area contributed by atoms with Crippen LogP contribution in [0.3, 0.4) is 0 Å².